The lowest BCUT2D eigenvalue weighted by Gasteiger charge is -2.24. The van der Waals surface area contributed by atoms with Gasteiger partial charge in [0.05, 0.1) is 0 Å². The molecule has 0 amide bonds. The summed E-state index contributed by atoms with van der Waals surface area (Å²) in [6.07, 6.45) is 2.37. The summed E-state index contributed by atoms with van der Waals surface area (Å²) in [5.74, 6) is 1.59. The van der Waals surface area contributed by atoms with Crippen molar-refractivity contribution in [2.75, 3.05) is 19.0 Å². The van der Waals surface area contributed by atoms with Gasteiger partial charge in [0, 0.05) is 13.2 Å². The fraction of sp³-hybridized carbons (Fsp3) is 1.00. The van der Waals surface area contributed by atoms with E-state index in [4.69, 9.17) is 8.85 Å². The van der Waals surface area contributed by atoms with Crippen LogP contribution < -0.4 is 0 Å². The molecule has 0 aromatic heterocycles. The largest absolute Gasteiger partial charge is 0.395 e. The molecule has 0 saturated carbocycles. The summed E-state index contributed by atoms with van der Waals surface area (Å²) in [7, 11) is -1.82. The lowest BCUT2D eigenvalue weighted by Crippen LogP contribution is -2.36. The first kappa shape index (κ1) is 14.5. The van der Waals surface area contributed by atoms with Crippen LogP contribution in [0.2, 0.25) is 13.1 Å². The number of rotatable bonds is 8. The Morgan fingerprint density at radius 1 is 1.29 bits per heavy atom. The Morgan fingerprint density at radius 2 is 1.93 bits per heavy atom. The normalized spacial score (nSPS) is 14.4. The van der Waals surface area contributed by atoms with Crippen molar-refractivity contribution >= 4 is 21.2 Å². The molecule has 86 valence electrons. The van der Waals surface area contributed by atoms with Crippen LogP contribution in [-0.4, -0.2) is 27.5 Å². The maximum atomic E-state index is 5.82. The van der Waals surface area contributed by atoms with Crippen LogP contribution in [-0.2, 0) is 8.85 Å². The second kappa shape index (κ2) is 7.74. The van der Waals surface area contributed by atoms with Crippen molar-refractivity contribution in [3.8, 4) is 0 Å². The average molecular weight is 236 g/mol. The summed E-state index contributed by atoms with van der Waals surface area (Å²) in [5.41, 5.74) is 0. The molecule has 0 heterocycles. The zero-order valence-corrected chi connectivity index (χ0v) is 11.8. The third-order valence-electron chi connectivity index (χ3n) is 2.06. The van der Waals surface area contributed by atoms with Crippen LogP contribution in [0.25, 0.3) is 0 Å². The number of hydrogen-bond donors (Lipinski definition) is 1. The molecule has 0 radical (unpaired) electrons. The van der Waals surface area contributed by atoms with Crippen LogP contribution >= 0.6 is 12.6 Å². The van der Waals surface area contributed by atoms with E-state index in [1.807, 2.05) is 6.92 Å². The van der Waals surface area contributed by atoms with Gasteiger partial charge in [-0.25, -0.2) is 0 Å². The smallest absolute Gasteiger partial charge is 0.331 e. The van der Waals surface area contributed by atoms with Crippen molar-refractivity contribution in [3.05, 3.63) is 0 Å². The van der Waals surface area contributed by atoms with E-state index < -0.39 is 8.56 Å². The van der Waals surface area contributed by atoms with Crippen molar-refractivity contribution in [1.29, 1.82) is 0 Å². The molecule has 0 saturated heterocycles. The van der Waals surface area contributed by atoms with Gasteiger partial charge >= 0.3 is 8.56 Å². The molecule has 0 bridgehead atoms. The summed E-state index contributed by atoms with van der Waals surface area (Å²) in [6.45, 7) is 10.0. The second-order valence-corrected chi connectivity index (χ2v) is 7.94. The van der Waals surface area contributed by atoms with Crippen molar-refractivity contribution in [1.82, 2.24) is 0 Å². The Morgan fingerprint density at radius 3 is 2.43 bits per heavy atom. The molecule has 0 aromatic rings. The highest BCUT2D eigenvalue weighted by Crippen LogP contribution is 2.12. The minimum atomic E-state index is -1.82. The van der Waals surface area contributed by atoms with Gasteiger partial charge in [0.25, 0.3) is 0 Å². The van der Waals surface area contributed by atoms with Crippen LogP contribution in [0.3, 0.4) is 0 Å². The first-order chi connectivity index (χ1) is 6.52. The minimum absolute atomic E-state index is 0.620. The van der Waals surface area contributed by atoms with Crippen molar-refractivity contribution < 1.29 is 8.85 Å². The molecule has 0 rings (SSSR count). The molecule has 0 fully saturated rings. The molecule has 2 nitrogen and oxygen atoms in total. The van der Waals surface area contributed by atoms with Gasteiger partial charge < -0.3 is 8.85 Å². The molecular weight excluding hydrogens is 212 g/mol. The van der Waals surface area contributed by atoms with E-state index in [-0.39, 0.29) is 0 Å². The Bertz CT molecular complexity index is 142. The zero-order valence-electron chi connectivity index (χ0n) is 9.88. The predicted molar refractivity (Wildman–Crippen MR) is 67.3 cm³/mol. The molecule has 0 spiro atoms. The van der Waals surface area contributed by atoms with E-state index in [1.165, 1.54) is 12.8 Å². The summed E-state index contributed by atoms with van der Waals surface area (Å²) in [5, 5.41) is 0. The molecule has 0 aliphatic rings. The molecule has 0 N–H and O–H groups in total. The van der Waals surface area contributed by atoms with Gasteiger partial charge in [0.15, 0.2) is 0 Å². The van der Waals surface area contributed by atoms with Crippen LogP contribution in [0, 0.1) is 5.92 Å². The minimum Gasteiger partial charge on any atom is -0.395 e. The SMILES string of the molecule is CCO[Si](C)(C)OCC(C)CCCS. The molecule has 1 atom stereocenters. The Kier molecular flexibility index (Phi) is 8.01. The highest BCUT2D eigenvalue weighted by Gasteiger charge is 2.24. The van der Waals surface area contributed by atoms with Gasteiger partial charge in [0.2, 0.25) is 0 Å². The van der Waals surface area contributed by atoms with Gasteiger partial charge in [0.1, 0.15) is 0 Å². The van der Waals surface area contributed by atoms with Crippen molar-refractivity contribution in [2.24, 2.45) is 5.92 Å². The van der Waals surface area contributed by atoms with E-state index in [1.54, 1.807) is 0 Å². The van der Waals surface area contributed by atoms with Crippen LogP contribution in [0.1, 0.15) is 26.7 Å². The number of hydrogen-bond acceptors (Lipinski definition) is 3. The molecule has 0 aromatic carbocycles. The maximum Gasteiger partial charge on any atom is 0.331 e. The van der Waals surface area contributed by atoms with Gasteiger partial charge in [-0.05, 0) is 44.5 Å². The molecule has 1 unspecified atom stereocenters. The topological polar surface area (TPSA) is 18.5 Å². The molecular formula is C10H24O2SSi. The van der Waals surface area contributed by atoms with Gasteiger partial charge in [-0.3, -0.25) is 0 Å². The van der Waals surface area contributed by atoms with Crippen molar-refractivity contribution in [2.45, 2.75) is 39.8 Å². The summed E-state index contributed by atoms with van der Waals surface area (Å²) in [4.78, 5) is 0. The molecule has 14 heavy (non-hydrogen) atoms. The van der Waals surface area contributed by atoms with Crippen LogP contribution in [0.15, 0.2) is 0 Å². The molecule has 0 aliphatic carbocycles. The quantitative estimate of drug-likeness (QED) is 0.516. The average Bonchev–Trinajstić information content (AvgIpc) is 2.11. The lowest BCUT2D eigenvalue weighted by molar-refractivity contribution is 0.161. The third-order valence-corrected chi connectivity index (χ3v) is 4.22. The van der Waals surface area contributed by atoms with Crippen LogP contribution in [0.5, 0.6) is 0 Å². The van der Waals surface area contributed by atoms with Gasteiger partial charge in [-0.15, -0.1) is 0 Å². The first-order valence-corrected chi connectivity index (χ1v) is 8.85. The molecule has 4 heteroatoms. The van der Waals surface area contributed by atoms with E-state index >= 15 is 0 Å². The van der Waals surface area contributed by atoms with E-state index in [0.29, 0.717) is 5.92 Å². The number of thiol groups is 1. The predicted octanol–water partition coefficient (Wildman–Crippen LogP) is 3.09. The third kappa shape index (κ3) is 7.85. The summed E-state index contributed by atoms with van der Waals surface area (Å²) >= 11 is 4.20. The fourth-order valence-electron chi connectivity index (χ4n) is 1.26. The van der Waals surface area contributed by atoms with E-state index in [0.717, 1.165) is 19.0 Å². The zero-order chi connectivity index (χ0) is 11.0. The van der Waals surface area contributed by atoms with Crippen LogP contribution in [0.4, 0.5) is 0 Å². The highest BCUT2D eigenvalue weighted by molar-refractivity contribution is 7.80. The Hall–Kier alpha value is 0.487. The lowest BCUT2D eigenvalue weighted by atomic mass is 10.1. The van der Waals surface area contributed by atoms with Gasteiger partial charge in [-0.1, -0.05) is 6.92 Å². The monoisotopic (exact) mass is 236 g/mol. The summed E-state index contributed by atoms with van der Waals surface area (Å²) < 4.78 is 11.4. The second-order valence-electron chi connectivity index (χ2n) is 4.11. The standard InChI is InChI=1S/C10H24O2SSi/c1-5-11-14(3,4)12-9-10(2)7-6-8-13/h10,13H,5-9H2,1-4H3. The Balaban J connectivity index is 3.58. The highest BCUT2D eigenvalue weighted by atomic mass is 32.1. The Labute approximate surface area is 95.0 Å². The molecule has 0 aliphatic heterocycles. The van der Waals surface area contributed by atoms with Gasteiger partial charge in [-0.2, -0.15) is 12.6 Å². The fourth-order valence-corrected chi connectivity index (χ4v) is 2.90. The van der Waals surface area contributed by atoms with E-state index in [9.17, 15) is 0 Å². The first-order valence-electron chi connectivity index (χ1n) is 5.40. The van der Waals surface area contributed by atoms with Crippen molar-refractivity contribution in [3.63, 3.8) is 0 Å². The maximum absolute atomic E-state index is 5.82. The van der Waals surface area contributed by atoms with E-state index in [2.05, 4.69) is 32.6 Å². The summed E-state index contributed by atoms with van der Waals surface area (Å²) in [6, 6.07) is 0.